The van der Waals surface area contributed by atoms with E-state index in [-0.39, 0.29) is 29.4 Å². The van der Waals surface area contributed by atoms with E-state index in [1.165, 1.54) is 16.8 Å². The van der Waals surface area contributed by atoms with Crippen LogP contribution < -0.4 is 5.32 Å². The summed E-state index contributed by atoms with van der Waals surface area (Å²) in [6, 6.07) is 4.46. The first-order valence-electron chi connectivity index (χ1n) is 7.86. The molecule has 2 aromatic rings. The van der Waals surface area contributed by atoms with Crippen molar-refractivity contribution in [3.8, 4) is 5.69 Å². The van der Waals surface area contributed by atoms with Gasteiger partial charge in [0.1, 0.15) is 5.82 Å². The summed E-state index contributed by atoms with van der Waals surface area (Å²) in [6.45, 7) is 3.25. The Morgan fingerprint density at radius 3 is 2.92 bits per heavy atom. The molecule has 1 aliphatic heterocycles. The van der Waals surface area contributed by atoms with Gasteiger partial charge in [0, 0.05) is 19.1 Å². The summed E-state index contributed by atoms with van der Waals surface area (Å²) in [5.74, 6) is -0.619. The van der Waals surface area contributed by atoms with Crippen LogP contribution in [0.4, 0.5) is 4.39 Å². The first-order valence-corrected chi connectivity index (χ1v) is 8.24. The van der Waals surface area contributed by atoms with Crippen LogP contribution >= 0.6 is 24.0 Å². The first kappa shape index (κ1) is 19.6. The third kappa shape index (κ3) is 3.78. The first-order chi connectivity index (χ1) is 11.5. The fourth-order valence-corrected chi connectivity index (χ4v) is 3.25. The standard InChI is InChI=1S/C16H19ClFN5O.ClH/c1-10-15(16(24)22-7-3-4-12(22)9-19-2)20-21-23(10)11-5-6-14(18)13(17)8-11;/h5-6,8,12,19H,3-4,7,9H2,1-2H3;1H. The van der Waals surface area contributed by atoms with Crippen LogP contribution in [0.3, 0.4) is 0 Å². The highest BCUT2D eigenvalue weighted by molar-refractivity contribution is 6.30. The van der Waals surface area contributed by atoms with Crippen LogP contribution in [0.5, 0.6) is 0 Å². The lowest BCUT2D eigenvalue weighted by molar-refractivity contribution is 0.0730. The number of likely N-dealkylation sites (tertiary alicyclic amines) is 1. The zero-order valence-electron chi connectivity index (χ0n) is 14.0. The molecule has 1 atom stereocenters. The Kier molecular flexibility index (Phi) is 6.37. The zero-order valence-corrected chi connectivity index (χ0v) is 15.6. The van der Waals surface area contributed by atoms with Crippen molar-refractivity contribution in [2.24, 2.45) is 0 Å². The predicted octanol–water partition coefficient (Wildman–Crippen LogP) is 2.61. The van der Waals surface area contributed by atoms with Crippen LogP contribution in [0.25, 0.3) is 5.69 Å². The maximum Gasteiger partial charge on any atom is 0.276 e. The lowest BCUT2D eigenvalue weighted by Crippen LogP contribution is -2.41. The number of carbonyl (C=O) groups is 1. The minimum absolute atomic E-state index is 0. The predicted molar refractivity (Wildman–Crippen MR) is 96.3 cm³/mol. The average molecular weight is 388 g/mol. The van der Waals surface area contributed by atoms with E-state index in [1.807, 2.05) is 11.9 Å². The molecule has 0 aliphatic carbocycles. The van der Waals surface area contributed by atoms with Crippen LogP contribution in [-0.4, -0.2) is 52.0 Å². The van der Waals surface area contributed by atoms with Gasteiger partial charge in [0.2, 0.25) is 0 Å². The highest BCUT2D eigenvalue weighted by Gasteiger charge is 2.31. The number of nitrogens with zero attached hydrogens (tertiary/aromatic N) is 4. The Morgan fingerprint density at radius 1 is 1.48 bits per heavy atom. The van der Waals surface area contributed by atoms with Gasteiger partial charge in [0.05, 0.1) is 16.4 Å². The highest BCUT2D eigenvalue weighted by atomic mass is 35.5. The molecule has 1 unspecified atom stereocenters. The van der Waals surface area contributed by atoms with Crippen LogP contribution in [0.1, 0.15) is 29.0 Å². The molecule has 2 heterocycles. The summed E-state index contributed by atoms with van der Waals surface area (Å²) in [5, 5.41) is 11.2. The summed E-state index contributed by atoms with van der Waals surface area (Å²) in [6.07, 6.45) is 1.96. The second-order valence-electron chi connectivity index (χ2n) is 5.89. The minimum atomic E-state index is -0.499. The summed E-state index contributed by atoms with van der Waals surface area (Å²) < 4.78 is 14.8. The van der Waals surface area contributed by atoms with E-state index < -0.39 is 5.82 Å². The third-order valence-corrected chi connectivity index (χ3v) is 4.61. The smallest absolute Gasteiger partial charge is 0.276 e. The van der Waals surface area contributed by atoms with E-state index in [0.717, 1.165) is 25.9 Å². The Hall–Kier alpha value is -1.70. The van der Waals surface area contributed by atoms with Crippen LogP contribution in [0, 0.1) is 12.7 Å². The molecule has 6 nitrogen and oxygen atoms in total. The van der Waals surface area contributed by atoms with E-state index in [2.05, 4.69) is 15.6 Å². The van der Waals surface area contributed by atoms with Crippen LogP contribution in [0.2, 0.25) is 5.02 Å². The summed E-state index contributed by atoms with van der Waals surface area (Å²) in [4.78, 5) is 14.7. The number of benzene rings is 1. The zero-order chi connectivity index (χ0) is 17.3. The van der Waals surface area contributed by atoms with Gasteiger partial charge in [-0.3, -0.25) is 4.79 Å². The summed E-state index contributed by atoms with van der Waals surface area (Å²) >= 11 is 5.82. The fourth-order valence-electron chi connectivity index (χ4n) is 3.08. The van der Waals surface area contributed by atoms with E-state index in [4.69, 9.17) is 11.6 Å². The van der Waals surface area contributed by atoms with Gasteiger partial charge < -0.3 is 10.2 Å². The van der Waals surface area contributed by atoms with Gasteiger partial charge in [0.25, 0.3) is 5.91 Å². The molecular weight excluding hydrogens is 368 g/mol. The molecule has 0 radical (unpaired) electrons. The molecule has 1 saturated heterocycles. The molecule has 1 aliphatic rings. The molecule has 9 heteroatoms. The van der Waals surface area contributed by atoms with Gasteiger partial charge in [-0.25, -0.2) is 9.07 Å². The normalized spacial score (nSPS) is 16.8. The number of aromatic nitrogens is 3. The molecule has 0 spiro atoms. The number of nitrogens with one attached hydrogen (secondary N) is 1. The second-order valence-corrected chi connectivity index (χ2v) is 6.29. The van der Waals surface area contributed by atoms with Crippen molar-refractivity contribution < 1.29 is 9.18 Å². The molecule has 1 fully saturated rings. The third-order valence-electron chi connectivity index (χ3n) is 4.32. The van der Waals surface area contributed by atoms with Crippen molar-refractivity contribution in [2.45, 2.75) is 25.8 Å². The molecule has 25 heavy (non-hydrogen) atoms. The molecule has 3 rings (SSSR count). The van der Waals surface area contributed by atoms with Crippen molar-refractivity contribution in [3.63, 3.8) is 0 Å². The summed E-state index contributed by atoms with van der Waals surface area (Å²) in [5.41, 5.74) is 1.50. The average Bonchev–Trinajstić information content (AvgIpc) is 3.17. The van der Waals surface area contributed by atoms with Crippen molar-refractivity contribution in [3.05, 3.63) is 40.4 Å². The van der Waals surface area contributed by atoms with Gasteiger partial charge in [0.15, 0.2) is 5.69 Å². The molecule has 1 aromatic heterocycles. The van der Waals surface area contributed by atoms with Crippen molar-refractivity contribution >= 4 is 29.9 Å². The molecule has 1 N–H and O–H groups in total. The van der Waals surface area contributed by atoms with Crippen molar-refractivity contribution in [2.75, 3.05) is 20.1 Å². The van der Waals surface area contributed by atoms with Crippen molar-refractivity contribution in [1.82, 2.24) is 25.2 Å². The molecule has 0 saturated carbocycles. The Labute approximate surface area is 156 Å². The molecule has 0 bridgehead atoms. The number of halogens is 3. The van der Waals surface area contributed by atoms with E-state index in [1.54, 1.807) is 13.0 Å². The van der Waals surface area contributed by atoms with Gasteiger partial charge in [-0.2, -0.15) is 0 Å². The number of likely N-dealkylation sites (N-methyl/N-ethyl adjacent to an activating group) is 1. The van der Waals surface area contributed by atoms with Crippen LogP contribution in [-0.2, 0) is 0 Å². The topological polar surface area (TPSA) is 63.1 Å². The SMILES string of the molecule is CNCC1CCCN1C(=O)c1nnn(-c2ccc(F)c(Cl)c2)c1C.Cl. The fraction of sp³-hybridized carbons (Fsp3) is 0.438. The lowest BCUT2D eigenvalue weighted by Gasteiger charge is -2.23. The largest absolute Gasteiger partial charge is 0.333 e. The van der Waals surface area contributed by atoms with Gasteiger partial charge in [-0.05, 0) is 45.0 Å². The van der Waals surface area contributed by atoms with E-state index >= 15 is 0 Å². The minimum Gasteiger partial charge on any atom is -0.333 e. The number of carbonyl (C=O) groups excluding carboxylic acids is 1. The number of rotatable bonds is 4. The molecule has 136 valence electrons. The van der Waals surface area contributed by atoms with Gasteiger partial charge in [-0.1, -0.05) is 16.8 Å². The summed E-state index contributed by atoms with van der Waals surface area (Å²) in [7, 11) is 1.88. The quantitative estimate of drug-likeness (QED) is 0.875. The second kappa shape index (κ2) is 8.12. The van der Waals surface area contributed by atoms with Crippen LogP contribution in [0.15, 0.2) is 18.2 Å². The number of amides is 1. The number of hydrogen-bond acceptors (Lipinski definition) is 4. The van der Waals surface area contributed by atoms with Crippen molar-refractivity contribution in [1.29, 1.82) is 0 Å². The van der Waals surface area contributed by atoms with E-state index in [9.17, 15) is 9.18 Å². The van der Waals surface area contributed by atoms with E-state index in [0.29, 0.717) is 17.1 Å². The number of hydrogen-bond donors (Lipinski definition) is 1. The van der Waals surface area contributed by atoms with Gasteiger partial charge >= 0.3 is 0 Å². The monoisotopic (exact) mass is 387 g/mol. The molecule has 1 amide bonds. The Balaban J connectivity index is 0.00000225. The lowest BCUT2D eigenvalue weighted by atomic mass is 10.2. The molecular formula is C16H20Cl2FN5O. The Bertz CT molecular complexity index is 767. The molecule has 1 aromatic carbocycles. The maximum atomic E-state index is 13.3. The Morgan fingerprint density at radius 2 is 2.24 bits per heavy atom. The maximum absolute atomic E-state index is 13.3. The highest BCUT2D eigenvalue weighted by Crippen LogP contribution is 2.23. The van der Waals surface area contributed by atoms with Gasteiger partial charge in [-0.15, -0.1) is 17.5 Å².